The lowest BCUT2D eigenvalue weighted by atomic mass is 10.0. The number of aromatic nitrogens is 2. The molecule has 2 amide bonds. The predicted molar refractivity (Wildman–Crippen MR) is 164 cm³/mol. The average Bonchev–Trinajstić information content (AvgIpc) is 3.61. The van der Waals surface area contributed by atoms with Crippen LogP contribution < -0.4 is 10.6 Å². The first-order valence-corrected chi connectivity index (χ1v) is 14.8. The van der Waals surface area contributed by atoms with Crippen LogP contribution in [0.4, 0.5) is 5.13 Å². The molecule has 207 valence electrons. The van der Waals surface area contributed by atoms with Crippen LogP contribution in [-0.2, 0) is 4.79 Å². The van der Waals surface area contributed by atoms with Crippen LogP contribution in [0.3, 0.4) is 0 Å². The Labute approximate surface area is 234 Å². The van der Waals surface area contributed by atoms with E-state index < -0.39 is 0 Å². The summed E-state index contributed by atoms with van der Waals surface area (Å²) in [4.78, 5) is 28.5. The molecule has 0 saturated carbocycles. The quantitative estimate of drug-likeness (QED) is 0.183. The van der Waals surface area contributed by atoms with Crippen LogP contribution in [0.1, 0.15) is 89.1 Å². The maximum Gasteiger partial charge on any atom is 0.253 e. The molecule has 1 unspecified atom stereocenters. The summed E-state index contributed by atoms with van der Waals surface area (Å²) in [5, 5.41) is 7.72. The van der Waals surface area contributed by atoms with Gasteiger partial charge in [0.05, 0.1) is 17.8 Å². The lowest BCUT2D eigenvalue weighted by Crippen LogP contribution is -2.32. The van der Waals surface area contributed by atoms with Crippen molar-refractivity contribution in [2.24, 2.45) is 5.92 Å². The molecule has 8 heteroatoms. The van der Waals surface area contributed by atoms with Crippen molar-refractivity contribution in [3.63, 3.8) is 0 Å². The monoisotopic (exact) mass is 537 g/mol. The van der Waals surface area contributed by atoms with E-state index in [9.17, 15) is 9.59 Å². The van der Waals surface area contributed by atoms with E-state index in [0.29, 0.717) is 10.7 Å². The fraction of sp³-hybridized carbons (Fsp3) is 0.500. The van der Waals surface area contributed by atoms with E-state index in [0.717, 1.165) is 22.7 Å². The molecule has 2 heterocycles. The van der Waals surface area contributed by atoms with Crippen molar-refractivity contribution in [3.8, 4) is 11.3 Å². The van der Waals surface area contributed by atoms with Gasteiger partial charge in [-0.05, 0) is 31.2 Å². The Balaban J connectivity index is 0.000000510. The van der Waals surface area contributed by atoms with Crippen LogP contribution >= 0.6 is 11.3 Å². The minimum atomic E-state index is -0.315. The summed E-state index contributed by atoms with van der Waals surface area (Å²) < 4.78 is 1.78. The minimum absolute atomic E-state index is 0.112. The fourth-order valence-corrected chi connectivity index (χ4v) is 4.26. The molecule has 2 N–H and O–H groups in total. The number of amides is 2. The molecule has 0 bridgehead atoms. The molecule has 0 fully saturated rings. The summed E-state index contributed by atoms with van der Waals surface area (Å²) in [6.07, 6.45) is 11.9. The van der Waals surface area contributed by atoms with E-state index in [1.165, 1.54) is 49.9 Å². The van der Waals surface area contributed by atoms with Gasteiger partial charge in [-0.15, -0.1) is 11.3 Å². The van der Waals surface area contributed by atoms with Gasteiger partial charge in [0.1, 0.15) is 0 Å². The second-order valence-corrected chi connectivity index (χ2v) is 9.96. The zero-order valence-electron chi connectivity index (χ0n) is 24.3. The number of carbonyl (C=O) groups excluding carboxylic acids is 2. The van der Waals surface area contributed by atoms with E-state index in [4.69, 9.17) is 0 Å². The lowest BCUT2D eigenvalue weighted by molar-refractivity contribution is -0.115. The smallest absolute Gasteiger partial charge is 0.253 e. The fourth-order valence-electron chi connectivity index (χ4n) is 3.53. The number of nitrogens with zero attached hydrogens (tertiary/aromatic N) is 2. The first kappa shape index (κ1) is 33.2. The highest BCUT2D eigenvalue weighted by atomic mass is 32.1. The highest BCUT2D eigenvalue weighted by Crippen LogP contribution is 2.25. The normalized spacial score (nSPS) is 10.8. The van der Waals surface area contributed by atoms with Crippen molar-refractivity contribution in [1.29, 1.82) is 0 Å². The Morgan fingerprint density at radius 2 is 1.89 bits per heavy atom. The van der Waals surface area contributed by atoms with Gasteiger partial charge in [0.2, 0.25) is 13.3 Å². The molecule has 0 aliphatic rings. The molecule has 1 atom stereocenters. The van der Waals surface area contributed by atoms with Crippen LogP contribution in [0.2, 0.25) is 6.82 Å². The highest BCUT2D eigenvalue weighted by Gasteiger charge is 2.11. The van der Waals surface area contributed by atoms with Gasteiger partial charge in [-0.25, -0.2) is 4.98 Å². The number of hydrogen-bond acceptors (Lipinski definition) is 4. The predicted octanol–water partition coefficient (Wildman–Crippen LogP) is 7.83. The Morgan fingerprint density at radius 3 is 2.53 bits per heavy atom. The largest absolute Gasteiger partial charge is 0.402 e. The van der Waals surface area contributed by atoms with Gasteiger partial charge < -0.3 is 15.1 Å². The third kappa shape index (κ3) is 12.6. The zero-order valence-corrected chi connectivity index (χ0v) is 25.2. The van der Waals surface area contributed by atoms with Crippen molar-refractivity contribution in [1.82, 2.24) is 14.8 Å². The van der Waals surface area contributed by atoms with Crippen molar-refractivity contribution in [3.05, 3.63) is 59.2 Å². The van der Waals surface area contributed by atoms with Crippen LogP contribution in [0.5, 0.6) is 0 Å². The number of unbranched alkanes of at least 4 members (excludes halogenated alkanes) is 3. The molecule has 0 saturated heterocycles. The first-order chi connectivity index (χ1) is 18.4. The number of nitrogens with one attached hydrogen (secondary N) is 2. The molecule has 0 aliphatic carbocycles. The number of aryl methyl sites for hydroxylation is 1. The number of thiazole rings is 1. The van der Waals surface area contributed by atoms with Gasteiger partial charge >= 0.3 is 0 Å². The van der Waals surface area contributed by atoms with Crippen molar-refractivity contribution in [2.45, 2.75) is 86.9 Å². The molecular weight excluding hydrogens is 491 g/mol. The number of hydrogen-bond donors (Lipinski definition) is 2. The van der Waals surface area contributed by atoms with Gasteiger partial charge in [0, 0.05) is 17.1 Å². The van der Waals surface area contributed by atoms with Gasteiger partial charge in [0.25, 0.3) is 5.91 Å². The Bertz CT molecular complexity index is 1080. The van der Waals surface area contributed by atoms with E-state index in [1.54, 1.807) is 22.9 Å². The van der Waals surface area contributed by atoms with E-state index in [1.807, 2.05) is 64.7 Å². The molecule has 3 aromatic rings. The van der Waals surface area contributed by atoms with Crippen LogP contribution in [0.15, 0.2) is 48.1 Å². The summed E-state index contributed by atoms with van der Waals surface area (Å²) in [5.74, 6) is 0.349. The number of benzene rings is 1. The van der Waals surface area contributed by atoms with Crippen molar-refractivity contribution in [2.75, 3.05) is 11.9 Å². The SMILES string of the molecule is CC.CCCCCCC(C)CC.C[B]n1ccc(C(=O)NCC(=O)Nc2nc(-c3cccc(C)c3)cs2)c1. The Morgan fingerprint density at radius 1 is 1.13 bits per heavy atom. The lowest BCUT2D eigenvalue weighted by Gasteiger charge is -2.06. The van der Waals surface area contributed by atoms with Gasteiger partial charge in [-0.1, -0.05) is 104 Å². The summed E-state index contributed by atoms with van der Waals surface area (Å²) in [5.41, 5.74) is 3.48. The van der Waals surface area contributed by atoms with Gasteiger partial charge in [-0.2, -0.15) is 0 Å². The zero-order chi connectivity index (χ0) is 28.3. The number of carbonyl (C=O) groups is 2. The van der Waals surface area contributed by atoms with E-state index in [-0.39, 0.29) is 18.4 Å². The molecule has 2 aromatic heterocycles. The molecular formula is C30H46BN4O2S. The summed E-state index contributed by atoms with van der Waals surface area (Å²) >= 11 is 1.35. The maximum absolute atomic E-state index is 12.0. The van der Waals surface area contributed by atoms with Crippen molar-refractivity contribution < 1.29 is 9.59 Å². The third-order valence-corrected chi connectivity index (χ3v) is 6.75. The molecule has 1 aromatic carbocycles. The molecule has 6 nitrogen and oxygen atoms in total. The summed E-state index contributed by atoms with van der Waals surface area (Å²) in [6.45, 7) is 14.7. The third-order valence-electron chi connectivity index (χ3n) is 6.00. The molecule has 0 spiro atoms. The van der Waals surface area contributed by atoms with Crippen molar-refractivity contribution >= 4 is 35.7 Å². The number of rotatable bonds is 12. The molecule has 3 rings (SSSR count). The minimum Gasteiger partial charge on any atom is -0.402 e. The van der Waals surface area contributed by atoms with E-state index >= 15 is 0 Å². The maximum atomic E-state index is 12.0. The summed E-state index contributed by atoms with van der Waals surface area (Å²) in [6, 6.07) is 9.71. The summed E-state index contributed by atoms with van der Waals surface area (Å²) in [7, 11) is 1.83. The molecule has 38 heavy (non-hydrogen) atoms. The average molecular weight is 538 g/mol. The van der Waals surface area contributed by atoms with E-state index in [2.05, 4.69) is 36.4 Å². The standard InChI is InChI=1S/C18H18BN4O2S.C10H22.C2H6/c1-12-4-3-5-13(8-12)15-11-26-18(21-15)22-16(24)9-20-17(25)14-6-7-23(10-14)19-2;1-4-6-7-8-9-10(3)5-2;1-2/h3-8,10-11H,9H2,1-2H3,(H,20,25)(H,21,22,24);10H,4-9H2,1-3H3;1-2H3. The second-order valence-electron chi connectivity index (χ2n) is 9.11. The number of anilines is 1. The van der Waals surface area contributed by atoms with Gasteiger partial charge in [-0.3, -0.25) is 9.59 Å². The van der Waals surface area contributed by atoms with Gasteiger partial charge in [0.15, 0.2) is 5.13 Å². The second kappa shape index (κ2) is 19.2. The Kier molecular flexibility index (Phi) is 16.8. The topological polar surface area (TPSA) is 76.0 Å². The Hall–Kier alpha value is -2.87. The molecule has 1 radical (unpaired) electrons. The molecule has 0 aliphatic heterocycles. The van der Waals surface area contributed by atoms with Crippen LogP contribution in [0, 0.1) is 12.8 Å². The first-order valence-electron chi connectivity index (χ1n) is 13.9. The highest BCUT2D eigenvalue weighted by molar-refractivity contribution is 7.14. The van der Waals surface area contributed by atoms with Crippen LogP contribution in [0.25, 0.3) is 11.3 Å². The van der Waals surface area contributed by atoms with Crippen LogP contribution in [-0.4, -0.2) is 35.2 Å².